The summed E-state index contributed by atoms with van der Waals surface area (Å²) in [6, 6.07) is 15.6. The van der Waals surface area contributed by atoms with E-state index >= 15 is 0 Å². The van der Waals surface area contributed by atoms with Crippen LogP contribution in [0.3, 0.4) is 0 Å². The highest BCUT2D eigenvalue weighted by Crippen LogP contribution is 2.23. The van der Waals surface area contributed by atoms with Gasteiger partial charge in [-0.3, -0.25) is 0 Å². The molecule has 0 saturated carbocycles. The highest BCUT2D eigenvalue weighted by molar-refractivity contribution is 5.62. The first-order valence-corrected chi connectivity index (χ1v) is 6.86. The monoisotopic (exact) mass is 279 g/mol. The average Bonchev–Trinajstić information content (AvgIpc) is 3.03. The molecule has 21 heavy (non-hydrogen) atoms. The minimum Gasteiger partial charge on any atom is -0.508 e. The van der Waals surface area contributed by atoms with Crippen LogP contribution in [0.25, 0.3) is 11.3 Å². The number of nitrogens with one attached hydrogen (secondary N) is 2. The van der Waals surface area contributed by atoms with E-state index in [0.29, 0.717) is 0 Å². The molecule has 3 aromatic rings. The predicted octanol–water partition coefficient (Wildman–Crippen LogP) is 3.96. The van der Waals surface area contributed by atoms with Gasteiger partial charge < -0.3 is 15.4 Å². The van der Waals surface area contributed by atoms with Gasteiger partial charge in [0.25, 0.3) is 0 Å². The minimum atomic E-state index is 0.170. The van der Waals surface area contributed by atoms with Crippen molar-refractivity contribution in [3.8, 4) is 17.0 Å². The molecular formula is C17H17N3O. The SMILES string of the molecule is CC(Nc1ccc(-c2cnc[nH]2)cc1)c1ccc(O)cc1. The Morgan fingerprint density at radius 3 is 2.38 bits per heavy atom. The van der Waals surface area contributed by atoms with Gasteiger partial charge in [-0.2, -0.15) is 0 Å². The average molecular weight is 279 g/mol. The second kappa shape index (κ2) is 5.71. The Labute approximate surface area is 123 Å². The molecule has 1 atom stereocenters. The number of nitrogens with zero attached hydrogens (tertiary/aromatic N) is 1. The number of anilines is 1. The second-order valence-corrected chi connectivity index (χ2v) is 5.00. The molecule has 1 heterocycles. The fraction of sp³-hybridized carbons (Fsp3) is 0.118. The van der Waals surface area contributed by atoms with Crippen LogP contribution in [-0.2, 0) is 0 Å². The maximum absolute atomic E-state index is 9.32. The van der Waals surface area contributed by atoms with Crippen molar-refractivity contribution in [3.63, 3.8) is 0 Å². The van der Waals surface area contributed by atoms with E-state index in [1.54, 1.807) is 18.5 Å². The van der Waals surface area contributed by atoms with Crippen LogP contribution in [0, 0.1) is 0 Å². The smallest absolute Gasteiger partial charge is 0.115 e. The van der Waals surface area contributed by atoms with Crippen LogP contribution in [0.1, 0.15) is 18.5 Å². The van der Waals surface area contributed by atoms with E-state index in [1.807, 2.05) is 30.5 Å². The Morgan fingerprint density at radius 1 is 1.05 bits per heavy atom. The summed E-state index contributed by atoms with van der Waals surface area (Å²) in [5, 5.41) is 12.8. The van der Waals surface area contributed by atoms with Gasteiger partial charge in [-0.05, 0) is 42.3 Å². The van der Waals surface area contributed by atoms with E-state index in [1.165, 1.54) is 0 Å². The lowest BCUT2D eigenvalue weighted by Gasteiger charge is -2.16. The van der Waals surface area contributed by atoms with Crippen molar-refractivity contribution in [2.75, 3.05) is 5.32 Å². The third-order valence-corrected chi connectivity index (χ3v) is 3.47. The second-order valence-electron chi connectivity index (χ2n) is 5.00. The number of benzene rings is 2. The lowest BCUT2D eigenvalue weighted by Crippen LogP contribution is -2.06. The van der Waals surface area contributed by atoms with Crippen molar-refractivity contribution in [1.29, 1.82) is 0 Å². The molecule has 3 N–H and O–H groups in total. The molecule has 0 aliphatic rings. The van der Waals surface area contributed by atoms with E-state index in [-0.39, 0.29) is 11.8 Å². The summed E-state index contributed by atoms with van der Waals surface area (Å²) in [6.45, 7) is 2.09. The van der Waals surface area contributed by atoms with Gasteiger partial charge in [-0.25, -0.2) is 4.98 Å². The van der Waals surface area contributed by atoms with E-state index in [9.17, 15) is 5.11 Å². The van der Waals surface area contributed by atoms with Gasteiger partial charge in [0, 0.05) is 11.7 Å². The van der Waals surface area contributed by atoms with Crippen LogP contribution in [0.5, 0.6) is 5.75 Å². The molecule has 3 rings (SSSR count). The van der Waals surface area contributed by atoms with Crippen molar-refractivity contribution in [2.24, 2.45) is 0 Å². The number of aromatic hydroxyl groups is 1. The number of H-pyrrole nitrogens is 1. The number of aromatic amines is 1. The first kappa shape index (κ1) is 13.2. The molecule has 0 amide bonds. The topological polar surface area (TPSA) is 60.9 Å². The maximum Gasteiger partial charge on any atom is 0.115 e. The molecule has 106 valence electrons. The Morgan fingerprint density at radius 2 is 1.76 bits per heavy atom. The van der Waals surface area contributed by atoms with Gasteiger partial charge in [0.05, 0.1) is 18.2 Å². The summed E-state index contributed by atoms with van der Waals surface area (Å²) < 4.78 is 0. The zero-order chi connectivity index (χ0) is 14.7. The maximum atomic E-state index is 9.32. The number of aromatic nitrogens is 2. The molecule has 2 aromatic carbocycles. The summed E-state index contributed by atoms with van der Waals surface area (Å²) in [5.74, 6) is 0.287. The Hall–Kier alpha value is -2.75. The molecule has 0 saturated heterocycles. The molecule has 4 nitrogen and oxygen atoms in total. The molecule has 0 fully saturated rings. The standard InChI is InChI=1S/C17H17N3O/c1-12(13-4-8-16(21)9-5-13)20-15-6-2-14(3-7-15)17-10-18-11-19-17/h2-12,20-21H,1H3,(H,18,19). The van der Waals surface area contributed by atoms with Crippen LogP contribution < -0.4 is 5.32 Å². The molecule has 0 bridgehead atoms. The van der Waals surface area contributed by atoms with Gasteiger partial charge in [-0.1, -0.05) is 24.3 Å². The number of rotatable bonds is 4. The van der Waals surface area contributed by atoms with Crippen molar-refractivity contribution < 1.29 is 5.11 Å². The van der Waals surface area contributed by atoms with Crippen LogP contribution in [0.2, 0.25) is 0 Å². The van der Waals surface area contributed by atoms with E-state index in [4.69, 9.17) is 0 Å². The number of hydrogen-bond acceptors (Lipinski definition) is 3. The molecule has 0 spiro atoms. The lowest BCUT2D eigenvalue weighted by atomic mass is 10.1. The van der Waals surface area contributed by atoms with E-state index < -0.39 is 0 Å². The van der Waals surface area contributed by atoms with Crippen molar-refractivity contribution in [3.05, 3.63) is 66.6 Å². The zero-order valence-corrected chi connectivity index (χ0v) is 11.7. The van der Waals surface area contributed by atoms with Gasteiger partial charge in [0.1, 0.15) is 5.75 Å². The van der Waals surface area contributed by atoms with Gasteiger partial charge in [0.15, 0.2) is 0 Å². The predicted molar refractivity (Wildman–Crippen MR) is 84.2 cm³/mol. The molecule has 4 heteroatoms. The largest absolute Gasteiger partial charge is 0.508 e. The third kappa shape index (κ3) is 3.05. The molecule has 0 radical (unpaired) electrons. The first-order valence-electron chi connectivity index (χ1n) is 6.86. The fourth-order valence-electron chi connectivity index (χ4n) is 2.26. The van der Waals surface area contributed by atoms with Crippen molar-refractivity contribution >= 4 is 5.69 Å². The Kier molecular flexibility index (Phi) is 3.60. The molecule has 0 aliphatic carbocycles. The van der Waals surface area contributed by atoms with E-state index in [2.05, 4.69) is 34.3 Å². The van der Waals surface area contributed by atoms with Gasteiger partial charge in [0.2, 0.25) is 0 Å². The van der Waals surface area contributed by atoms with Crippen LogP contribution >= 0.6 is 0 Å². The zero-order valence-electron chi connectivity index (χ0n) is 11.7. The lowest BCUT2D eigenvalue weighted by molar-refractivity contribution is 0.475. The molecule has 1 unspecified atom stereocenters. The number of phenols is 1. The highest BCUT2D eigenvalue weighted by Gasteiger charge is 2.06. The highest BCUT2D eigenvalue weighted by atomic mass is 16.3. The number of hydrogen-bond donors (Lipinski definition) is 3. The van der Waals surface area contributed by atoms with Gasteiger partial charge in [-0.15, -0.1) is 0 Å². The minimum absolute atomic E-state index is 0.170. The van der Waals surface area contributed by atoms with E-state index in [0.717, 1.165) is 22.5 Å². The molecular weight excluding hydrogens is 262 g/mol. The summed E-state index contributed by atoms with van der Waals surface area (Å²) >= 11 is 0. The first-order chi connectivity index (χ1) is 10.2. The summed E-state index contributed by atoms with van der Waals surface area (Å²) in [7, 11) is 0. The number of phenolic OH excluding ortho intramolecular Hbond substituents is 1. The summed E-state index contributed by atoms with van der Waals surface area (Å²) in [6.07, 6.45) is 3.48. The van der Waals surface area contributed by atoms with Crippen molar-refractivity contribution in [1.82, 2.24) is 9.97 Å². The number of imidazole rings is 1. The van der Waals surface area contributed by atoms with Crippen LogP contribution in [-0.4, -0.2) is 15.1 Å². The van der Waals surface area contributed by atoms with Gasteiger partial charge >= 0.3 is 0 Å². The van der Waals surface area contributed by atoms with Crippen molar-refractivity contribution in [2.45, 2.75) is 13.0 Å². The van der Waals surface area contributed by atoms with Crippen LogP contribution in [0.15, 0.2) is 61.1 Å². The fourth-order valence-corrected chi connectivity index (χ4v) is 2.26. The van der Waals surface area contributed by atoms with Crippen LogP contribution in [0.4, 0.5) is 5.69 Å². The quantitative estimate of drug-likeness (QED) is 0.677. The summed E-state index contributed by atoms with van der Waals surface area (Å²) in [5.41, 5.74) is 4.30. The Bertz CT molecular complexity index is 688. The third-order valence-electron chi connectivity index (χ3n) is 3.47. The normalized spacial score (nSPS) is 12.0. The Balaban J connectivity index is 1.71. The summed E-state index contributed by atoms with van der Waals surface area (Å²) in [4.78, 5) is 7.11. The molecule has 0 aliphatic heterocycles. The molecule has 1 aromatic heterocycles.